The van der Waals surface area contributed by atoms with Gasteiger partial charge in [-0.25, -0.2) is 14.0 Å². The van der Waals surface area contributed by atoms with Crippen LogP contribution in [-0.2, 0) is 9.53 Å². The van der Waals surface area contributed by atoms with Crippen LogP contribution in [0.1, 0.15) is 12.0 Å². The van der Waals surface area contributed by atoms with Crippen molar-refractivity contribution in [2.24, 2.45) is 0 Å². The molecule has 7 heteroatoms. The van der Waals surface area contributed by atoms with E-state index in [1.165, 1.54) is 24.1 Å². The van der Waals surface area contributed by atoms with E-state index >= 15 is 0 Å². The molecule has 0 saturated carbocycles. The molecular weight excluding hydrogens is 351 g/mol. The van der Waals surface area contributed by atoms with Crippen LogP contribution in [0.3, 0.4) is 0 Å². The summed E-state index contributed by atoms with van der Waals surface area (Å²) in [5, 5.41) is 2.77. The van der Waals surface area contributed by atoms with Gasteiger partial charge in [0.1, 0.15) is 12.1 Å². The van der Waals surface area contributed by atoms with E-state index in [4.69, 9.17) is 9.47 Å². The molecular formula is C20H21FN2O4. The molecule has 2 aromatic rings. The van der Waals surface area contributed by atoms with E-state index in [1.807, 2.05) is 19.1 Å². The Morgan fingerprint density at radius 3 is 2.52 bits per heavy atom. The molecule has 27 heavy (non-hydrogen) atoms. The second kappa shape index (κ2) is 8.07. The molecule has 0 bridgehead atoms. The minimum Gasteiger partial charge on any atom is -0.485 e. The number of aryl methyl sites for hydroxylation is 1. The third-order valence-corrected chi connectivity index (χ3v) is 4.43. The van der Waals surface area contributed by atoms with Crippen LogP contribution >= 0.6 is 0 Å². The standard InChI is InChI=1S/C20H21FN2O4/c1-13-7-9-14(10-8-13)22-20(25)23-12-15(11-17(23)19(24)26-2)27-18-6-4-3-5-16(18)21/h3-10,15,17H,11-12H2,1-2H3,(H,22,25). The Morgan fingerprint density at radius 1 is 1.15 bits per heavy atom. The van der Waals surface area contributed by atoms with Crippen molar-refractivity contribution in [2.75, 3.05) is 19.0 Å². The van der Waals surface area contributed by atoms with Crippen LogP contribution < -0.4 is 10.1 Å². The first-order valence-corrected chi connectivity index (χ1v) is 8.61. The van der Waals surface area contributed by atoms with Gasteiger partial charge < -0.3 is 19.7 Å². The molecule has 3 rings (SSSR count). The summed E-state index contributed by atoms with van der Waals surface area (Å²) in [5.41, 5.74) is 1.69. The fourth-order valence-corrected chi connectivity index (χ4v) is 3.02. The van der Waals surface area contributed by atoms with E-state index in [1.54, 1.807) is 24.3 Å². The Labute approximate surface area is 156 Å². The van der Waals surface area contributed by atoms with Crippen LogP contribution in [0.15, 0.2) is 48.5 Å². The first-order valence-electron chi connectivity index (χ1n) is 8.61. The molecule has 2 unspecified atom stereocenters. The number of carbonyl (C=O) groups excluding carboxylic acids is 2. The number of hydrogen-bond donors (Lipinski definition) is 1. The van der Waals surface area contributed by atoms with E-state index in [2.05, 4.69) is 5.32 Å². The number of methoxy groups -OCH3 is 1. The van der Waals surface area contributed by atoms with Gasteiger partial charge >= 0.3 is 12.0 Å². The summed E-state index contributed by atoms with van der Waals surface area (Å²) >= 11 is 0. The lowest BCUT2D eigenvalue weighted by molar-refractivity contribution is -0.144. The number of likely N-dealkylation sites (tertiary alicyclic amines) is 1. The predicted molar refractivity (Wildman–Crippen MR) is 98.1 cm³/mol. The highest BCUT2D eigenvalue weighted by molar-refractivity contribution is 5.93. The molecule has 1 aliphatic rings. The van der Waals surface area contributed by atoms with Gasteiger partial charge in [0.05, 0.1) is 13.7 Å². The number of rotatable bonds is 4. The van der Waals surface area contributed by atoms with Gasteiger partial charge in [-0.05, 0) is 31.2 Å². The van der Waals surface area contributed by atoms with Crippen molar-refractivity contribution < 1.29 is 23.5 Å². The SMILES string of the molecule is COC(=O)C1CC(Oc2ccccc2F)CN1C(=O)Nc1ccc(C)cc1. The van der Waals surface area contributed by atoms with Crippen molar-refractivity contribution in [3.05, 3.63) is 59.9 Å². The fraction of sp³-hybridized carbons (Fsp3) is 0.300. The Balaban J connectivity index is 1.73. The van der Waals surface area contributed by atoms with Gasteiger partial charge in [-0.3, -0.25) is 0 Å². The molecule has 0 spiro atoms. The zero-order valence-electron chi connectivity index (χ0n) is 15.1. The Morgan fingerprint density at radius 2 is 1.85 bits per heavy atom. The number of nitrogens with one attached hydrogen (secondary N) is 1. The smallest absolute Gasteiger partial charge is 0.328 e. The number of esters is 1. The number of benzene rings is 2. The lowest BCUT2D eigenvalue weighted by Gasteiger charge is -2.22. The van der Waals surface area contributed by atoms with Crippen molar-refractivity contribution in [3.63, 3.8) is 0 Å². The monoisotopic (exact) mass is 372 g/mol. The summed E-state index contributed by atoms with van der Waals surface area (Å²) in [6.07, 6.45) is -0.294. The number of amides is 2. The normalized spacial score (nSPS) is 18.9. The molecule has 1 heterocycles. The van der Waals surface area contributed by atoms with Crippen molar-refractivity contribution in [1.29, 1.82) is 0 Å². The Kier molecular flexibility index (Phi) is 5.59. The second-order valence-corrected chi connectivity index (χ2v) is 6.39. The van der Waals surface area contributed by atoms with Gasteiger partial charge in [-0.2, -0.15) is 0 Å². The van der Waals surface area contributed by atoms with E-state index in [0.717, 1.165) is 5.56 Å². The Hall–Kier alpha value is -3.09. The summed E-state index contributed by atoms with van der Waals surface area (Å²) in [7, 11) is 1.27. The van der Waals surface area contributed by atoms with Crippen molar-refractivity contribution in [1.82, 2.24) is 4.90 Å². The maximum atomic E-state index is 13.8. The van der Waals surface area contributed by atoms with Crippen LogP contribution in [0.2, 0.25) is 0 Å². The highest BCUT2D eigenvalue weighted by Gasteiger charge is 2.41. The third kappa shape index (κ3) is 4.36. The molecule has 6 nitrogen and oxygen atoms in total. The number of carbonyl (C=O) groups is 2. The van der Waals surface area contributed by atoms with Gasteiger partial charge in [0.25, 0.3) is 0 Å². The third-order valence-electron chi connectivity index (χ3n) is 4.43. The zero-order chi connectivity index (χ0) is 19.4. The van der Waals surface area contributed by atoms with Crippen molar-refractivity contribution in [3.8, 4) is 5.75 Å². The number of urea groups is 1. The highest BCUT2D eigenvalue weighted by Crippen LogP contribution is 2.26. The maximum Gasteiger partial charge on any atom is 0.328 e. The molecule has 1 saturated heterocycles. The largest absolute Gasteiger partial charge is 0.485 e. The molecule has 1 aliphatic heterocycles. The van der Waals surface area contributed by atoms with Crippen molar-refractivity contribution in [2.45, 2.75) is 25.5 Å². The van der Waals surface area contributed by atoms with Crippen LogP contribution in [0.4, 0.5) is 14.9 Å². The van der Waals surface area contributed by atoms with Crippen molar-refractivity contribution >= 4 is 17.7 Å². The number of para-hydroxylation sites is 1. The summed E-state index contributed by atoms with van der Waals surface area (Å²) < 4.78 is 24.3. The molecule has 0 aromatic heterocycles. The molecule has 1 N–H and O–H groups in total. The number of nitrogens with zero attached hydrogens (tertiary/aromatic N) is 1. The highest BCUT2D eigenvalue weighted by atomic mass is 19.1. The van der Waals surface area contributed by atoms with Crippen LogP contribution in [0.25, 0.3) is 0 Å². The molecule has 0 radical (unpaired) electrons. The van der Waals surface area contributed by atoms with Gasteiger partial charge in [0.2, 0.25) is 0 Å². The topological polar surface area (TPSA) is 67.9 Å². The number of hydrogen-bond acceptors (Lipinski definition) is 4. The Bertz CT molecular complexity index is 825. The first-order chi connectivity index (χ1) is 13.0. The molecule has 2 amide bonds. The quantitative estimate of drug-likeness (QED) is 0.836. The van der Waals surface area contributed by atoms with E-state index in [-0.39, 0.29) is 18.7 Å². The maximum absolute atomic E-state index is 13.8. The lowest BCUT2D eigenvalue weighted by atomic mass is 10.2. The van der Waals surface area contributed by atoms with Gasteiger partial charge in [0.15, 0.2) is 11.6 Å². The van der Waals surface area contributed by atoms with Crippen LogP contribution in [-0.4, -0.2) is 42.7 Å². The number of halogens is 1. The van der Waals surface area contributed by atoms with Gasteiger partial charge in [-0.1, -0.05) is 29.8 Å². The summed E-state index contributed by atoms with van der Waals surface area (Å²) in [4.78, 5) is 26.1. The number of ether oxygens (including phenoxy) is 2. The predicted octanol–water partition coefficient (Wildman–Crippen LogP) is 3.36. The average Bonchev–Trinajstić information content (AvgIpc) is 3.09. The molecule has 142 valence electrons. The van der Waals surface area contributed by atoms with E-state index in [9.17, 15) is 14.0 Å². The first kappa shape index (κ1) is 18.7. The summed E-state index contributed by atoms with van der Waals surface area (Å²) in [6.45, 7) is 2.09. The number of anilines is 1. The van der Waals surface area contributed by atoms with Gasteiger partial charge in [-0.15, -0.1) is 0 Å². The molecule has 0 aliphatic carbocycles. The average molecular weight is 372 g/mol. The fourth-order valence-electron chi connectivity index (χ4n) is 3.02. The van der Waals surface area contributed by atoms with Gasteiger partial charge in [0, 0.05) is 12.1 Å². The molecule has 2 aromatic carbocycles. The minimum atomic E-state index is -0.794. The molecule has 2 atom stereocenters. The van der Waals surface area contributed by atoms with Crippen LogP contribution in [0, 0.1) is 12.7 Å². The minimum absolute atomic E-state index is 0.0897. The van der Waals surface area contributed by atoms with E-state index in [0.29, 0.717) is 5.69 Å². The molecule has 1 fully saturated rings. The van der Waals surface area contributed by atoms with Crippen LogP contribution in [0.5, 0.6) is 5.75 Å². The van der Waals surface area contributed by atoms with E-state index < -0.39 is 30.0 Å². The zero-order valence-corrected chi connectivity index (χ0v) is 15.1. The second-order valence-electron chi connectivity index (χ2n) is 6.39. The lowest BCUT2D eigenvalue weighted by Crippen LogP contribution is -2.43. The summed E-state index contributed by atoms with van der Waals surface area (Å²) in [5.74, 6) is -0.935. The summed E-state index contributed by atoms with van der Waals surface area (Å²) in [6, 6.07) is 12.1.